The summed E-state index contributed by atoms with van der Waals surface area (Å²) in [5, 5.41) is 14.8. The van der Waals surface area contributed by atoms with Gasteiger partial charge in [0.05, 0.1) is 15.5 Å². The molecular formula is C14H20ClN3O2. The Labute approximate surface area is 124 Å². The number of hydrogen-bond donors (Lipinski definition) is 1. The summed E-state index contributed by atoms with van der Waals surface area (Å²) in [6.07, 6.45) is 2.35. The standard InChI is InChI=1S/C14H20ClN3O2/c1-17-7-5-11(6-8-17)9-16-10-12-13(15)3-2-4-14(12)18(19)20/h2-4,11,16H,5-10H2,1H3. The molecule has 1 heterocycles. The van der Waals surface area contributed by atoms with Crippen LogP contribution in [0.15, 0.2) is 18.2 Å². The molecule has 1 saturated heterocycles. The Bertz CT molecular complexity index is 473. The van der Waals surface area contributed by atoms with Crippen molar-refractivity contribution < 1.29 is 4.92 Å². The predicted octanol–water partition coefficient (Wildman–Crippen LogP) is 2.68. The fraction of sp³-hybridized carbons (Fsp3) is 0.571. The van der Waals surface area contributed by atoms with Crippen LogP contribution in [0.5, 0.6) is 0 Å². The highest BCUT2D eigenvalue weighted by molar-refractivity contribution is 6.31. The zero-order valence-corrected chi connectivity index (χ0v) is 12.4. The van der Waals surface area contributed by atoms with E-state index in [2.05, 4.69) is 17.3 Å². The summed E-state index contributed by atoms with van der Waals surface area (Å²) in [4.78, 5) is 12.9. The first-order valence-electron chi connectivity index (χ1n) is 6.89. The van der Waals surface area contributed by atoms with Crippen molar-refractivity contribution in [1.82, 2.24) is 10.2 Å². The van der Waals surface area contributed by atoms with Crippen molar-refractivity contribution in [1.29, 1.82) is 0 Å². The third-order valence-electron chi connectivity index (χ3n) is 3.86. The molecule has 110 valence electrons. The molecule has 0 unspecified atom stereocenters. The molecule has 0 aliphatic carbocycles. The number of halogens is 1. The first kappa shape index (κ1) is 15.2. The molecular weight excluding hydrogens is 278 g/mol. The molecule has 1 aromatic rings. The Hall–Kier alpha value is -1.17. The van der Waals surface area contributed by atoms with E-state index in [-0.39, 0.29) is 10.6 Å². The molecule has 0 aromatic heterocycles. The maximum absolute atomic E-state index is 11.0. The first-order valence-corrected chi connectivity index (χ1v) is 7.26. The monoisotopic (exact) mass is 297 g/mol. The molecule has 6 heteroatoms. The van der Waals surface area contributed by atoms with Crippen LogP contribution in [-0.2, 0) is 6.54 Å². The van der Waals surface area contributed by atoms with E-state index in [9.17, 15) is 10.1 Å². The van der Waals surface area contributed by atoms with Crippen molar-refractivity contribution in [3.63, 3.8) is 0 Å². The van der Waals surface area contributed by atoms with E-state index in [4.69, 9.17) is 11.6 Å². The largest absolute Gasteiger partial charge is 0.312 e. The molecule has 0 bridgehead atoms. The lowest BCUT2D eigenvalue weighted by Crippen LogP contribution is -2.34. The summed E-state index contributed by atoms with van der Waals surface area (Å²) in [6, 6.07) is 4.81. The molecule has 20 heavy (non-hydrogen) atoms. The van der Waals surface area contributed by atoms with Crippen LogP contribution in [0.2, 0.25) is 5.02 Å². The van der Waals surface area contributed by atoms with Gasteiger partial charge in [0, 0.05) is 12.6 Å². The molecule has 0 atom stereocenters. The highest BCUT2D eigenvalue weighted by atomic mass is 35.5. The van der Waals surface area contributed by atoms with Gasteiger partial charge in [-0.1, -0.05) is 17.7 Å². The number of nitrogens with one attached hydrogen (secondary N) is 1. The van der Waals surface area contributed by atoms with Crippen LogP contribution in [0, 0.1) is 16.0 Å². The number of likely N-dealkylation sites (tertiary alicyclic amines) is 1. The number of nitro benzene ring substituents is 1. The van der Waals surface area contributed by atoms with Gasteiger partial charge in [0.1, 0.15) is 0 Å². The minimum absolute atomic E-state index is 0.0911. The fourth-order valence-corrected chi connectivity index (χ4v) is 2.80. The highest BCUT2D eigenvalue weighted by Crippen LogP contribution is 2.26. The quantitative estimate of drug-likeness (QED) is 0.670. The van der Waals surface area contributed by atoms with E-state index in [1.807, 2.05) is 0 Å². The summed E-state index contributed by atoms with van der Waals surface area (Å²) < 4.78 is 0. The van der Waals surface area contributed by atoms with Crippen molar-refractivity contribution in [3.05, 3.63) is 38.9 Å². The van der Waals surface area contributed by atoms with Crippen molar-refractivity contribution in [2.45, 2.75) is 19.4 Å². The first-order chi connectivity index (χ1) is 9.58. The second-order valence-electron chi connectivity index (χ2n) is 5.37. The summed E-state index contributed by atoms with van der Waals surface area (Å²) in [6.45, 7) is 3.58. The van der Waals surface area contributed by atoms with Crippen LogP contribution in [-0.4, -0.2) is 36.5 Å². The third-order valence-corrected chi connectivity index (χ3v) is 4.22. The molecule has 1 aliphatic heterocycles. The van der Waals surface area contributed by atoms with Gasteiger partial charge in [-0.15, -0.1) is 0 Å². The van der Waals surface area contributed by atoms with Gasteiger partial charge in [0.15, 0.2) is 0 Å². The van der Waals surface area contributed by atoms with Crippen molar-refractivity contribution in [2.24, 2.45) is 5.92 Å². The van der Waals surface area contributed by atoms with Crippen LogP contribution in [0.3, 0.4) is 0 Å². The SMILES string of the molecule is CN1CCC(CNCc2c(Cl)cccc2[N+](=O)[O-])CC1. The minimum atomic E-state index is -0.377. The average molecular weight is 298 g/mol. The van der Waals surface area contributed by atoms with E-state index >= 15 is 0 Å². The number of hydrogen-bond acceptors (Lipinski definition) is 4. The van der Waals surface area contributed by atoms with E-state index in [1.54, 1.807) is 12.1 Å². The number of nitro groups is 1. The van der Waals surface area contributed by atoms with Gasteiger partial charge in [-0.25, -0.2) is 0 Å². The minimum Gasteiger partial charge on any atom is -0.312 e. The van der Waals surface area contributed by atoms with E-state index < -0.39 is 0 Å². The zero-order chi connectivity index (χ0) is 14.5. The van der Waals surface area contributed by atoms with Gasteiger partial charge in [-0.2, -0.15) is 0 Å². The average Bonchev–Trinajstić information content (AvgIpc) is 2.42. The molecule has 0 amide bonds. The van der Waals surface area contributed by atoms with Gasteiger partial charge in [0.2, 0.25) is 0 Å². The van der Waals surface area contributed by atoms with Gasteiger partial charge < -0.3 is 10.2 Å². The lowest BCUT2D eigenvalue weighted by molar-refractivity contribution is -0.385. The Kier molecular flexibility index (Phi) is 5.34. The van der Waals surface area contributed by atoms with Crippen LogP contribution >= 0.6 is 11.6 Å². The van der Waals surface area contributed by atoms with E-state index in [1.165, 1.54) is 18.9 Å². The molecule has 0 spiro atoms. The normalized spacial score (nSPS) is 17.3. The van der Waals surface area contributed by atoms with Gasteiger partial charge >= 0.3 is 0 Å². The van der Waals surface area contributed by atoms with Crippen LogP contribution < -0.4 is 5.32 Å². The maximum atomic E-state index is 11.0. The number of rotatable bonds is 5. The predicted molar refractivity (Wildman–Crippen MR) is 80.0 cm³/mol. The smallest absolute Gasteiger partial charge is 0.275 e. The van der Waals surface area contributed by atoms with Crippen molar-refractivity contribution in [2.75, 3.05) is 26.7 Å². The highest BCUT2D eigenvalue weighted by Gasteiger charge is 2.18. The molecule has 1 aliphatic rings. The van der Waals surface area contributed by atoms with Crippen LogP contribution in [0.1, 0.15) is 18.4 Å². The van der Waals surface area contributed by atoms with Crippen LogP contribution in [0.25, 0.3) is 0 Å². The summed E-state index contributed by atoms with van der Waals surface area (Å²) >= 11 is 6.06. The summed E-state index contributed by atoms with van der Waals surface area (Å²) in [5.74, 6) is 0.646. The molecule has 2 rings (SSSR count). The Morgan fingerprint density at radius 2 is 2.15 bits per heavy atom. The van der Waals surface area contributed by atoms with E-state index in [0.717, 1.165) is 19.6 Å². The topological polar surface area (TPSA) is 58.4 Å². The molecule has 0 radical (unpaired) electrons. The molecule has 1 fully saturated rings. The lowest BCUT2D eigenvalue weighted by atomic mass is 9.97. The van der Waals surface area contributed by atoms with Crippen molar-refractivity contribution >= 4 is 17.3 Å². The second-order valence-corrected chi connectivity index (χ2v) is 5.78. The van der Waals surface area contributed by atoms with Gasteiger partial charge in [-0.3, -0.25) is 10.1 Å². The number of nitrogens with zero attached hydrogens (tertiary/aromatic N) is 2. The summed E-state index contributed by atoms with van der Waals surface area (Å²) in [7, 11) is 2.14. The molecule has 1 aromatic carbocycles. The fourth-order valence-electron chi connectivity index (χ4n) is 2.56. The number of benzene rings is 1. The second kappa shape index (κ2) is 7.02. The molecule has 0 saturated carbocycles. The lowest BCUT2D eigenvalue weighted by Gasteiger charge is -2.29. The zero-order valence-electron chi connectivity index (χ0n) is 11.6. The summed E-state index contributed by atoms with van der Waals surface area (Å²) in [5.41, 5.74) is 0.667. The Morgan fingerprint density at radius 1 is 1.45 bits per heavy atom. The molecule has 1 N–H and O–H groups in total. The van der Waals surface area contributed by atoms with Crippen LogP contribution in [0.4, 0.5) is 5.69 Å². The third kappa shape index (κ3) is 3.91. The number of piperidine rings is 1. The van der Waals surface area contributed by atoms with Gasteiger partial charge in [-0.05, 0) is 51.5 Å². The Morgan fingerprint density at radius 3 is 2.80 bits per heavy atom. The maximum Gasteiger partial charge on any atom is 0.275 e. The van der Waals surface area contributed by atoms with Crippen molar-refractivity contribution in [3.8, 4) is 0 Å². The van der Waals surface area contributed by atoms with Gasteiger partial charge in [0.25, 0.3) is 5.69 Å². The molecule has 5 nitrogen and oxygen atoms in total. The van der Waals surface area contributed by atoms with E-state index in [0.29, 0.717) is 23.0 Å². The Balaban J connectivity index is 1.89.